The smallest absolute Gasteiger partial charge is 0.322 e. The Kier molecular flexibility index (Phi) is 54.0. The van der Waals surface area contributed by atoms with Crippen molar-refractivity contribution in [2.75, 3.05) is 51.3 Å². The predicted octanol–water partition coefficient (Wildman–Crippen LogP) is -9.01. The number of aliphatic hydroxyl groups is 2. The molecule has 52 heteroatoms. The summed E-state index contributed by atoms with van der Waals surface area (Å²) in [7, 11) is 0. The molecule has 1 aliphatic heterocycles. The highest BCUT2D eigenvalue weighted by Crippen LogP contribution is 2.22. The fourth-order valence-electron chi connectivity index (χ4n) is 12.7. The third-order valence-electron chi connectivity index (χ3n) is 19.5. The molecule has 1 fully saturated rings. The minimum absolute atomic E-state index is 0.00198. The minimum atomic E-state index is -2.08. The second kappa shape index (κ2) is 60.7. The number of carbonyl (C=O) groups excluding carboxylic acids is 14. The molecule has 1 aliphatic rings. The number of guanidine groups is 2. The Labute approximate surface area is 736 Å². The van der Waals surface area contributed by atoms with Crippen molar-refractivity contribution >= 4 is 142 Å². The van der Waals surface area contributed by atoms with Crippen molar-refractivity contribution in [3.05, 3.63) is 0 Å². The first-order valence-electron chi connectivity index (χ1n) is 41.4. The quantitative estimate of drug-likeness (QED) is 0.0153. The summed E-state index contributed by atoms with van der Waals surface area (Å²) in [5, 5.41) is 130. The molecule has 0 bridgehead atoms. The van der Waals surface area contributed by atoms with Crippen molar-refractivity contribution in [1.29, 1.82) is 10.8 Å². The van der Waals surface area contributed by atoms with Crippen molar-refractivity contribution in [2.45, 2.75) is 279 Å². The monoisotopic (exact) mass is 1830 g/mol. The molecular weight excluding hydrogens is 1700 g/mol. The Morgan fingerprint density at radius 3 is 1.02 bits per heavy atom. The van der Waals surface area contributed by atoms with E-state index >= 15 is 0 Å². The number of aliphatic carboxylic acids is 6. The molecule has 16 atom stereocenters. The third kappa shape index (κ3) is 46.2. The lowest BCUT2D eigenvalue weighted by molar-refractivity contribution is -0.144. The lowest BCUT2D eigenvalue weighted by atomic mass is 10.0. The van der Waals surface area contributed by atoms with Gasteiger partial charge in [-0.15, -0.1) is 0 Å². The largest absolute Gasteiger partial charge is 0.481 e. The average molecular weight is 1830 g/mol. The number of carboxylic acids is 6. The number of aliphatic hydroxyl groups excluding tert-OH is 2. The van der Waals surface area contributed by atoms with Gasteiger partial charge in [0.2, 0.25) is 82.7 Å². The Morgan fingerprint density at radius 1 is 0.378 bits per heavy atom. The van der Waals surface area contributed by atoms with Crippen LogP contribution >= 0.6 is 11.8 Å². The van der Waals surface area contributed by atoms with E-state index in [-0.39, 0.29) is 115 Å². The van der Waals surface area contributed by atoms with Crippen LogP contribution in [0.15, 0.2) is 0 Å². The van der Waals surface area contributed by atoms with Crippen molar-refractivity contribution in [3.63, 3.8) is 0 Å². The maximum absolute atomic E-state index is 14.8. The maximum Gasteiger partial charge on any atom is 0.322 e. The number of likely N-dealkylation sites (tertiary alicyclic amines) is 1. The van der Waals surface area contributed by atoms with Crippen LogP contribution in [0.3, 0.4) is 0 Å². The summed E-state index contributed by atoms with van der Waals surface area (Å²) in [5.74, 6) is -26.2. The molecule has 718 valence electrons. The Balaban J connectivity index is 3.90. The molecule has 51 nitrogen and oxygen atoms in total. The Bertz CT molecular complexity index is 3750. The zero-order valence-corrected chi connectivity index (χ0v) is 72.5. The van der Waals surface area contributed by atoms with Gasteiger partial charge in [-0.25, -0.2) is 0 Å². The van der Waals surface area contributed by atoms with Gasteiger partial charge >= 0.3 is 35.8 Å². The number of nitrogens with zero attached hydrogens (tertiary/aromatic N) is 1. The highest BCUT2D eigenvalue weighted by atomic mass is 32.2. The van der Waals surface area contributed by atoms with E-state index in [9.17, 15) is 132 Å². The molecule has 35 N–H and O–H groups in total. The third-order valence-corrected chi connectivity index (χ3v) is 20.1. The Hall–Kier alpha value is -11.9. The van der Waals surface area contributed by atoms with Crippen LogP contribution in [0, 0.1) is 16.7 Å². The lowest BCUT2D eigenvalue weighted by Gasteiger charge is -2.31. The van der Waals surface area contributed by atoms with E-state index in [4.69, 9.17) is 44.6 Å². The van der Waals surface area contributed by atoms with E-state index in [0.717, 1.165) is 30.5 Å². The molecule has 14 amide bonds. The number of rotatable bonds is 66. The van der Waals surface area contributed by atoms with Gasteiger partial charge < -0.3 is 154 Å². The second-order valence-corrected chi connectivity index (χ2v) is 31.6. The molecule has 0 aromatic carbocycles. The van der Waals surface area contributed by atoms with Gasteiger partial charge in [0.1, 0.15) is 85.1 Å². The summed E-state index contributed by atoms with van der Waals surface area (Å²) in [6.07, 6.45) is -9.79. The lowest BCUT2D eigenvalue weighted by Crippen LogP contribution is -2.62. The van der Waals surface area contributed by atoms with Crippen LogP contribution in [0.2, 0.25) is 0 Å². The van der Waals surface area contributed by atoms with Crippen LogP contribution in [-0.2, 0) is 95.9 Å². The number of carboxylic acid groups (broad SMARTS) is 6. The fourth-order valence-corrected chi connectivity index (χ4v) is 13.2. The van der Waals surface area contributed by atoms with E-state index in [1.807, 2.05) is 0 Å². The van der Waals surface area contributed by atoms with Gasteiger partial charge in [-0.1, -0.05) is 20.3 Å². The van der Waals surface area contributed by atoms with E-state index in [1.54, 1.807) is 20.1 Å². The van der Waals surface area contributed by atoms with Gasteiger partial charge in [-0.2, -0.15) is 11.8 Å². The molecule has 1 rings (SSSR count). The highest BCUT2D eigenvalue weighted by molar-refractivity contribution is 7.98. The molecule has 0 aliphatic carbocycles. The van der Waals surface area contributed by atoms with Crippen molar-refractivity contribution < 1.29 is 137 Å². The number of nitrogens with one attached hydrogen (secondary N) is 17. The standard InChI is InChI=1S/C75H129N23O28S/c1-37(2)35-50(61(114)85-36-57(111)112)95-70(123)51-17-12-33-98(51)73(126)49(22-27-56(109)110)94-67(120)46(20-25-54(105)106)89-65(118)45(19-24-53(103)104)90-68(121)48(28-34-127-5)91-62(115)41(14-7-9-30-77)86-63(116)42(15-10-31-83-74(79)80)92-72(125)59(39(4)100)97-69(122)43(16-11-32-84-75(81)82)87-64(117)44(18-23-52(101)102)88-66(119)47(21-26-55(107)108)93-71(124)58(38(3)99)96-60(113)40(78)13-6-8-29-76/h37-51,58-59,99-100H,6-36,76-78H2,1-5H3,(H,85,114)(H,86,116)(H,87,117)(H,88,119)(H,89,118)(H,90,121)(H,91,115)(H,92,125)(H,93,124)(H,94,120)(H,95,123)(H,96,113)(H,97,122)(H,101,102)(H,103,104)(H,105,106)(H,107,108)(H,109,110)(H,111,112)(H4,79,80,83)(H4,81,82,84)/t38-,39-,40+,41+,42+,43+,44+,45+,46+,47+,48+,49+,50+,51+,58+,59+/m1/s1. The predicted molar refractivity (Wildman–Crippen MR) is 451 cm³/mol. The maximum atomic E-state index is 14.8. The average Bonchev–Trinajstić information content (AvgIpc) is 1.62. The van der Waals surface area contributed by atoms with Crippen molar-refractivity contribution in [1.82, 2.24) is 84.7 Å². The normalized spacial score (nSPS) is 15.8. The van der Waals surface area contributed by atoms with Crippen LogP contribution in [0.1, 0.15) is 182 Å². The van der Waals surface area contributed by atoms with Crippen LogP contribution in [-0.4, -0.2) is 324 Å². The summed E-state index contributed by atoms with van der Waals surface area (Å²) < 4.78 is 0. The van der Waals surface area contributed by atoms with Gasteiger partial charge in [0.05, 0.1) is 18.2 Å². The summed E-state index contributed by atoms with van der Waals surface area (Å²) >= 11 is 1.16. The van der Waals surface area contributed by atoms with Gasteiger partial charge in [-0.05, 0) is 160 Å². The molecule has 127 heavy (non-hydrogen) atoms. The molecule has 0 radical (unpaired) electrons. The molecule has 0 aromatic rings. The topological polar surface area (TPSA) is 865 Å². The molecule has 1 heterocycles. The van der Waals surface area contributed by atoms with Crippen molar-refractivity contribution in [2.24, 2.45) is 34.6 Å². The summed E-state index contributed by atoms with van der Waals surface area (Å²) in [4.78, 5) is 271. The van der Waals surface area contributed by atoms with Gasteiger partial charge in [0.15, 0.2) is 11.9 Å². The van der Waals surface area contributed by atoms with E-state index in [0.29, 0.717) is 12.8 Å². The van der Waals surface area contributed by atoms with Gasteiger partial charge in [0.25, 0.3) is 0 Å². The zero-order chi connectivity index (χ0) is 96.3. The van der Waals surface area contributed by atoms with Crippen LogP contribution in [0.5, 0.6) is 0 Å². The van der Waals surface area contributed by atoms with Crippen LogP contribution in [0.25, 0.3) is 0 Å². The number of thioether (sulfide) groups is 1. The summed E-state index contributed by atoms with van der Waals surface area (Å²) in [5.41, 5.74) is 28.3. The first-order valence-corrected chi connectivity index (χ1v) is 42.8. The van der Waals surface area contributed by atoms with E-state index in [2.05, 4.69) is 79.8 Å². The number of amides is 14. The van der Waals surface area contributed by atoms with E-state index < -0.39 is 304 Å². The van der Waals surface area contributed by atoms with Crippen LogP contribution in [0.4, 0.5) is 0 Å². The van der Waals surface area contributed by atoms with Gasteiger partial charge in [0, 0.05) is 51.7 Å². The molecule has 1 saturated heterocycles. The Morgan fingerprint density at radius 2 is 0.693 bits per heavy atom. The zero-order valence-electron chi connectivity index (χ0n) is 71.7. The summed E-state index contributed by atoms with van der Waals surface area (Å²) in [6.45, 7) is 4.66. The first kappa shape index (κ1) is 113. The highest BCUT2D eigenvalue weighted by Gasteiger charge is 2.43. The van der Waals surface area contributed by atoms with Crippen molar-refractivity contribution in [3.8, 4) is 0 Å². The molecular formula is C75H129N23O28S. The second-order valence-electron chi connectivity index (χ2n) is 30.6. The summed E-state index contributed by atoms with van der Waals surface area (Å²) in [6, 6.07) is -24.1. The number of hydrogen-bond acceptors (Lipinski definition) is 28. The number of hydrogen-bond donors (Lipinski definition) is 30. The molecule has 0 spiro atoms. The number of nitrogens with two attached hydrogens (primary N) is 5. The van der Waals surface area contributed by atoms with Gasteiger partial charge in [-0.3, -0.25) is 107 Å². The minimum Gasteiger partial charge on any atom is -0.481 e. The van der Waals surface area contributed by atoms with E-state index in [1.165, 1.54) is 0 Å². The molecule has 0 aromatic heterocycles. The van der Waals surface area contributed by atoms with Crippen LogP contribution < -0.4 is 108 Å². The first-order chi connectivity index (χ1) is 59.7. The SMILES string of the molecule is CSCC[C@H](NC(=O)[C@H](CCCCN)NC(=O)[C@H](CCCNC(=N)N)NC(=O)[C@@H](NC(=O)[C@H](CCCNC(=N)N)NC(=O)[C@H](CCC(=O)O)NC(=O)[C@H](CCC(=O)O)NC(=O)[C@@H](NC(=O)[C@@H](N)CCCCN)[C@@H](C)O)[C@@H](C)O)C(=O)N[C@@H](CCC(=O)O)C(=O)N[C@@H](CCC(=O)O)C(=O)N[C@@H](CCC(=O)O)C(=O)N1CCC[C@H]1C(=O)N[C@@H](CC(C)C)C(=O)NCC(=O)O. The molecule has 0 saturated carbocycles. The molecule has 0 unspecified atom stereocenters. The number of unbranched alkanes of at least 4 members (excludes halogenated alkanes) is 2. The number of carbonyl (C=O) groups is 20. The fraction of sp³-hybridized carbons (Fsp3) is 0.707.